The van der Waals surface area contributed by atoms with E-state index in [1.165, 1.54) is 20.1 Å². The number of nitrogens with one attached hydrogen (secondary N) is 4. The van der Waals surface area contributed by atoms with Gasteiger partial charge in [0.1, 0.15) is 29.2 Å². The Bertz CT molecular complexity index is 1400. The van der Waals surface area contributed by atoms with E-state index in [-0.39, 0.29) is 12.3 Å². The van der Waals surface area contributed by atoms with Gasteiger partial charge in [0.25, 0.3) is 0 Å². The normalized spacial score (nSPS) is 12.7. The van der Waals surface area contributed by atoms with Gasteiger partial charge in [0.05, 0.1) is 13.2 Å². The molecule has 0 fully saturated rings. The molecule has 2 aromatic rings. The molecule has 260 valence electrons. The quantitative estimate of drug-likeness (QED) is 0.0722. The second-order valence-electron chi connectivity index (χ2n) is 12.3. The van der Waals surface area contributed by atoms with Crippen molar-refractivity contribution in [2.45, 2.75) is 83.5 Å². The van der Waals surface area contributed by atoms with Crippen LogP contribution in [-0.2, 0) is 36.7 Å². The summed E-state index contributed by atoms with van der Waals surface area (Å²) in [5.41, 5.74) is 1.49. The van der Waals surface area contributed by atoms with Crippen molar-refractivity contribution in [3.05, 3.63) is 103 Å². The van der Waals surface area contributed by atoms with Gasteiger partial charge >= 0.3 is 12.1 Å². The Morgan fingerprint density at radius 1 is 0.833 bits per heavy atom. The van der Waals surface area contributed by atoms with E-state index in [0.717, 1.165) is 11.1 Å². The van der Waals surface area contributed by atoms with Crippen LogP contribution in [0.4, 0.5) is 4.79 Å². The Morgan fingerprint density at radius 3 is 2.04 bits per heavy atom. The van der Waals surface area contributed by atoms with Crippen molar-refractivity contribution in [1.29, 1.82) is 0 Å². The zero-order chi connectivity index (χ0) is 35.7. The summed E-state index contributed by atoms with van der Waals surface area (Å²) in [7, 11) is 1.31. The summed E-state index contributed by atoms with van der Waals surface area (Å²) in [5.74, 6) is -0.317. The van der Waals surface area contributed by atoms with Crippen LogP contribution in [-0.4, -0.2) is 61.3 Å². The number of rotatable bonds is 19. The Hall–Kier alpha value is -5.06. The van der Waals surface area contributed by atoms with Crippen LogP contribution in [0.15, 0.2) is 91.9 Å². The molecule has 0 radical (unpaired) electrons. The summed E-state index contributed by atoms with van der Waals surface area (Å²) in [6.07, 6.45) is 3.14. The number of allylic oxidation sites excluding steroid dienone is 1. The number of carbonyl (C=O) groups excluding carboxylic acids is 4. The van der Waals surface area contributed by atoms with E-state index >= 15 is 0 Å². The van der Waals surface area contributed by atoms with Crippen LogP contribution in [0.5, 0.6) is 5.75 Å². The van der Waals surface area contributed by atoms with Crippen LogP contribution in [0.3, 0.4) is 0 Å². The monoisotopic (exact) mass is 662 g/mol. The van der Waals surface area contributed by atoms with Crippen LogP contribution in [0.1, 0.15) is 58.1 Å². The lowest BCUT2D eigenvalue weighted by Crippen LogP contribution is -2.52. The van der Waals surface area contributed by atoms with E-state index in [1.54, 1.807) is 45.0 Å². The van der Waals surface area contributed by atoms with E-state index < -0.39 is 41.7 Å². The van der Waals surface area contributed by atoms with Crippen molar-refractivity contribution in [2.24, 2.45) is 0 Å². The number of unbranched alkanes of at least 4 members (excludes halogenated alkanes) is 1. The highest BCUT2D eigenvalue weighted by Crippen LogP contribution is 2.17. The molecule has 0 aliphatic heterocycles. The molecule has 3 amide bonds. The van der Waals surface area contributed by atoms with Gasteiger partial charge in [0.2, 0.25) is 11.8 Å². The molecular formula is C37H50N4O7. The van der Waals surface area contributed by atoms with Gasteiger partial charge in [-0.1, -0.05) is 62.2 Å². The minimum atomic E-state index is -0.901. The molecule has 11 heteroatoms. The predicted octanol–water partition coefficient (Wildman–Crippen LogP) is 4.88. The highest BCUT2D eigenvalue weighted by atomic mass is 16.6. The summed E-state index contributed by atoms with van der Waals surface area (Å²) in [4.78, 5) is 50.7. The molecule has 11 nitrogen and oxygen atoms in total. The fraction of sp³-hybridized carbons (Fsp3) is 0.405. The van der Waals surface area contributed by atoms with Crippen LogP contribution < -0.4 is 26.0 Å². The second kappa shape index (κ2) is 19.6. The number of ether oxygens (including phenoxy) is 3. The van der Waals surface area contributed by atoms with Crippen molar-refractivity contribution < 1.29 is 33.4 Å². The molecule has 0 aliphatic carbocycles. The summed E-state index contributed by atoms with van der Waals surface area (Å²) >= 11 is 0. The molecule has 0 heterocycles. The smallest absolute Gasteiger partial charge is 0.407 e. The van der Waals surface area contributed by atoms with Crippen molar-refractivity contribution >= 4 is 23.9 Å². The Kier molecular flexibility index (Phi) is 15.9. The summed E-state index contributed by atoms with van der Waals surface area (Å²) in [6, 6.07) is 14.3. The molecule has 2 rings (SSSR count). The second-order valence-corrected chi connectivity index (χ2v) is 12.3. The van der Waals surface area contributed by atoms with Gasteiger partial charge in [-0.25, -0.2) is 9.59 Å². The van der Waals surface area contributed by atoms with Crippen LogP contribution in [0.2, 0.25) is 0 Å². The van der Waals surface area contributed by atoms with E-state index in [1.807, 2.05) is 30.3 Å². The number of hydrogen-bond donors (Lipinski definition) is 4. The SMILES string of the molecule is C=CC(=C)Oc1ccc(C[C@H](NC(C)=O)C(=O)N[C@@H](CCCCNC(=O)OC(C)(C)C)C(=C)N[C@@H](Cc2ccccc2)C(=O)OC)cc1. The largest absolute Gasteiger partial charge is 0.467 e. The average molecular weight is 663 g/mol. The van der Waals surface area contributed by atoms with Crippen LogP contribution in [0.25, 0.3) is 0 Å². The lowest BCUT2D eigenvalue weighted by atomic mass is 10.0. The number of carbonyl (C=O) groups is 4. The zero-order valence-corrected chi connectivity index (χ0v) is 28.7. The standard InChI is InChI=1S/C37H50N4O7/c1-9-25(2)47-30-20-18-29(19-21-30)23-32(40-27(4)42)34(43)41-31(17-13-14-22-38-36(45)48-37(5,6)7)26(3)39-33(35(44)46-8)24-28-15-11-10-12-16-28/h9-12,15-16,18-21,31-33,39H,1-3,13-14,17,22-24H2,4-8H3,(H,38,45)(H,40,42)(H,41,43)/t31-,32-,33-/m0/s1. The van der Waals surface area contributed by atoms with Gasteiger partial charge in [-0.05, 0) is 69.4 Å². The predicted molar refractivity (Wildman–Crippen MR) is 186 cm³/mol. The maximum absolute atomic E-state index is 13.7. The number of amides is 3. The van der Waals surface area contributed by atoms with Crippen molar-refractivity contribution in [3.63, 3.8) is 0 Å². The third kappa shape index (κ3) is 15.0. The third-order valence-electron chi connectivity index (χ3n) is 6.99. The van der Waals surface area contributed by atoms with Gasteiger partial charge in [-0.15, -0.1) is 0 Å². The first kappa shape index (κ1) is 39.1. The van der Waals surface area contributed by atoms with E-state index in [9.17, 15) is 19.2 Å². The van der Waals surface area contributed by atoms with Gasteiger partial charge in [-0.2, -0.15) is 0 Å². The van der Waals surface area contributed by atoms with Crippen molar-refractivity contribution in [2.75, 3.05) is 13.7 Å². The van der Waals surface area contributed by atoms with Gasteiger partial charge < -0.3 is 35.5 Å². The molecule has 48 heavy (non-hydrogen) atoms. The number of methoxy groups -OCH3 is 1. The maximum Gasteiger partial charge on any atom is 0.407 e. The molecule has 4 N–H and O–H groups in total. The fourth-order valence-corrected chi connectivity index (χ4v) is 4.67. The number of hydrogen-bond acceptors (Lipinski definition) is 8. The Morgan fingerprint density at radius 2 is 1.46 bits per heavy atom. The molecular weight excluding hydrogens is 612 g/mol. The summed E-state index contributed by atoms with van der Waals surface area (Å²) in [6.45, 7) is 18.6. The van der Waals surface area contributed by atoms with Gasteiger partial charge in [0.15, 0.2) is 0 Å². The molecule has 0 aromatic heterocycles. The van der Waals surface area contributed by atoms with Gasteiger partial charge in [0, 0.05) is 32.0 Å². The minimum Gasteiger partial charge on any atom is -0.467 e. The average Bonchev–Trinajstić information content (AvgIpc) is 3.03. The first-order valence-corrected chi connectivity index (χ1v) is 15.9. The zero-order valence-electron chi connectivity index (χ0n) is 28.7. The molecule has 0 aliphatic rings. The highest BCUT2D eigenvalue weighted by Gasteiger charge is 2.27. The summed E-state index contributed by atoms with van der Waals surface area (Å²) in [5, 5.41) is 11.7. The van der Waals surface area contributed by atoms with Crippen molar-refractivity contribution in [3.8, 4) is 5.75 Å². The summed E-state index contributed by atoms with van der Waals surface area (Å²) < 4.78 is 15.9. The molecule has 0 bridgehead atoms. The van der Waals surface area contributed by atoms with Crippen LogP contribution in [0, 0.1) is 0 Å². The fourth-order valence-electron chi connectivity index (χ4n) is 4.67. The first-order valence-electron chi connectivity index (χ1n) is 15.9. The topological polar surface area (TPSA) is 144 Å². The Labute approximate surface area is 284 Å². The van der Waals surface area contributed by atoms with E-state index in [4.69, 9.17) is 14.2 Å². The first-order chi connectivity index (χ1) is 22.7. The molecule has 0 unspecified atom stereocenters. The van der Waals surface area contributed by atoms with E-state index in [0.29, 0.717) is 49.4 Å². The minimum absolute atomic E-state index is 0.208. The Balaban J connectivity index is 2.21. The van der Waals surface area contributed by atoms with Crippen LogP contribution >= 0.6 is 0 Å². The molecule has 0 saturated carbocycles. The third-order valence-corrected chi connectivity index (χ3v) is 6.99. The molecule has 2 aromatic carbocycles. The molecule has 3 atom stereocenters. The maximum atomic E-state index is 13.7. The van der Waals surface area contributed by atoms with Gasteiger partial charge in [-0.3, -0.25) is 9.59 Å². The molecule has 0 spiro atoms. The lowest BCUT2D eigenvalue weighted by molar-refractivity contribution is -0.142. The van der Waals surface area contributed by atoms with Crippen molar-refractivity contribution in [1.82, 2.24) is 21.3 Å². The highest BCUT2D eigenvalue weighted by molar-refractivity contribution is 5.87. The lowest BCUT2D eigenvalue weighted by Gasteiger charge is -2.28. The number of esters is 1. The molecule has 0 saturated heterocycles. The number of benzene rings is 2. The number of alkyl carbamates (subject to hydrolysis) is 1. The van der Waals surface area contributed by atoms with E-state index in [2.05, 4.69) is 41.0 Å².